The number of hydrogen-bond acceptors (Lipinski definition) is 3. The zero-order valence-electron chi connectivity index (χ0n) is 17.8. The minimum atomic E-state index is -1.13. The predicted octanol–water partition coefficient (Wildman–Crippen LogP) is 4.70. The quantitative estimate of drug-likeness (QED) is 0.535. The summed E-state index contributed by atoms with van der Waals surface area (Å²) in [5.74, 6) is -1.98. The summed E-state index contributed by atoms with van der Waals surface area (Å²) >= 11 is 0. The molecule has 0 radical (unpaired) electrons. The summed E-state index contributed by atoms with van der Waals surface area (Å²) < 4.78 is 55.7. The molecule has 1 aliphatic heterocycles. The van der Waals surface area contributed by atoms with Crippen LogP contribution in [-0.2, 0) is 18.5 Å². The van der Waals surface area contributed by atoms with E-state index in [2.05, 4.69) is 0 Å². The van der Waals surface area contributed by atoms with Crippen molar-refractivity contribution in [2.75, 3.05) is 26.2 Å². The molecule has 5 rings (SSSR count). The van der Waals surface area contributed by atoms with Gasteiger partial charge in [-0.25, -0.2) is 17.6 Å². The molecule has 1 atom stereocenters. The number of hydrogen-bond donors (Lipinski definition) is 0. The molecule has 1 unspecified atom stereocenters. The molecule has 3 aromatic rings. The second-order valence-electron chi connectivity index (χ2n) is 8.68. The first-order valence-electron chi connectivity index (χ1n) is 10.9. The highest BCUT2D eigenvalue weighted by molar-refractivity contribution is 6.08. The minimum Gasteiger partial charge on any atom is -0.296 e. The highest BCUT2D eigenvalue weighted by Gasteiger charge is 2.51. The molecule has 7 heteroatoms. The van der Waals surface area contributed by atoms with Gasteiger partial charge in [-0.05, 0) is 59.7 Å². The summed E-state index contributed by atoms with van der Waals surface area (Å²) in [6.45, 7) is 2.23. The molecule has 1 fully saturated rings. The van der Waals surface area contributed by atoms with Gasteiger partial charge in [-0.1, -0.05) is 12.1 Å². The fourth-order valence-electron chi connectivity index (χ4n) is 5.12. The van der Waals surface area contributed by atoms with Crippen molar-refractivity contribution in [1.29, 1.82) is 0 Å². The van der Waals surface area contributed by atoms with Gasteiger partial charge < -0.3 is 0 Å². The van der Waals surface area contributed by atoms with E-state index in [1.54, 1.807) is 12.1 Å². The Balaban J connectivity index is 1.44. The number of rotatable bonds is 4. The molecule has 0 amide bonds. The van der Waals surface area contributed by atoms with E-state index in [4.69, 9.17) is 0 Å². The lowest BCUT2D eigenvalue weighted by atomic mass is 9.83. The van der Waals surface area contributed by atoms with Crippen molar-refractivity contribution in [3.8, 4) is 0 Å². The Morgan fingerprint density at radius 2 is 1.48 bits per heavy atom. The van der Waals surface area contributed by atoms with Crippen molar-refractivity contribution in [3.63, 3.8) is 0 Å². The SMILES string of the molecule is O=C1c2ccc(F)cc2CC1(c1cccc(F)c1)N1CCN(Cc2cc(F)ccc2F)CC1. The van der Waals surface area contributed by atoms with Crippen LogP contribution in [0.5, 0.6) is 0 Å². The van der Waals surface area contributed by atoms with Crippen molar-refractivity contribution < 1.29 is 22.4 Å². The second-order valence-corrected chi connectivity index (χ2v) is 8.68. The number of carbonyl (C=O) groups is 1. The minimum absolute atomic E-state index is 0.173. The normalized spacial score (nSPS) is 21.4. The summed E-state index contributed by atoms with van der Waals surface area (Å²) in [6.07, 6.45) is 0.251. The van der Waals surface area contributed by atoms with Crippen LogP contribution in [0, 0.1) is 23.3 Å². The first kappa shape index (κ1) is 21.8. The Hall–Kier alpha value is -3.03. The monoisotopic (exact) mass is 454 g/mol. The average Bonchev–Trinajstić information content (AvgIpc) is 3.09. The third kappa shape index (κ3) is 3.85. The highest BCUT2D eigenvalue weighted by Crippen LogP contribution is 2.43. The van der Waals surface area contributed by atoms with E-state index in [-0.39, 0.29) is 24.3 Å². The van der Waals surface area contributed by atoms with Crippen LogP contribution in [0.4, 0.5) is 17.6 Å². The van der Waals surface area contributed by atoms with Gasteiger partial charge in [0.1, 0.15) is 28.8 Å². The number of fused-ring (bicyclic) bond motifs is 1. The zero-order chi connectivity index (χ0) is 23.2. The zero-order valence-corrected chi connectivity index (χ0v) is 17.8. The van der Waals surface area contributed by atoms with Gasteiger partial charge >= 0.3 is 0 Å². The number of ketones is 1. The largest absolute Gasteiger partial charge is 0.296 e. The summed E-state index contributed by atoms with van der Waals surface area (Å²) in [7, 11) is 0. The molecule has 0 bridgehead atoms. The van der Waals surface area contributed by atoms with Gasteiger partial charge in [0.15, 0.2) is 5.78 Å². The van der Waals surface area contributed by atoms with E-state index in [1.165, 1.54) is 36.4 Å². The van der Waals surface area contributed by atoms with Gasteiger partial charge in [0.05, 0.1) is 0 Å². The molecule has 0 aromatic heterocycles. The molecular formula is C26H22F4N2O. The van der Waals surface area contributed by atoms with E-state index < -0.39 is 28.8 Å². The third-order valence-electron chi connectivity index (χ3n) is 6.75. The fourth-order valence-corrected chi connectivity index (χ4v) is 5.12. The Bertz CT molecular complexity index is 1220. The number of benzene rings is 3. The second kappa shape index (κ2) is 8.39. The molecular weight excluding hydrogens is 432 g/mol. The molecule has 0 saturated carbocycles. The molecule has 1 aliphatic carbocycles. The lowest BCUT2D eigenvalue weighted by molar-refractivity contribution is 0.0285. The third-order valence-corrected chi connectivity index (χ3v) is 6.75. The van der Waals surface area contributed by atoms with E-state index in [1.807, 2.05) is 9.80 Å². The van der Waals surface area contributed by atoms with Crippen LogP contribution in [0.1, 0.15) is 27.0 Å². The lowest BCUT2D eigenvalue weighted by Gasteiger charge is -2.45. The first-order chi connectivity index (χ1) is 15.9. The first-order valence-corrected chi connectivity index (χ1v) is 10.9. The molecule has 1 saturated heterocycles. The molecule has 33 heavy (non-hydrogen) atoms. The van der Waals surface area contributed by atoms with Crippen molar-refractivity contribution in [2.24, 2.45) is 0 Å². The summed E-state index contributed by atoms with van der Waals surface area (Å²) in [6, 6.07) is 13.5. The Morgan fingerprint density at radius 3 is 2.24 bits per heavy atom. The maximum Gasteiger partial charge on any atom is 0.188 e. The smallest absolute Gasteiger partial charge is 0.188 e. The summed E-state index contributed by atoms with van der Waals surface area (Å²) in [5, 5.41) is 0. The Kier molecular flexibility index (Phi) is 5.54. The lowest BCUT2D eigenvalue weighted by Crippen LogP contribution is -2.58. The van der Waals surface area contributed by atoms with Gasteiger partial charge in [-0.2, -0.15) is 0 Å². The molecule has 0 N–H and O–H groups in total. The van der Waals surface area contributed by atoms with Crippen molar-refractivity contribution >= 4 is 5.78 Å². The van der Waals surface area contributed by atoms with E-state index >= 15 is 0 Å². The fraction of sp³-hybridized carbons (Fsp3) is 0.269. The Labute approximate surface area is 189 Å². The van der Waals surface area contributed by atoms with E-state index in [9.17, 15) is 22.4 Å². The van der Waals surface area contributed by atoms with Crippen LogP contribution in [0.25, 0.3) is 0 Å². The highest BCUT2D eigenvalue weighted by atomic mass is 19.1. The molecule has 2 aliphatic rings. The van der Waals surface area contributed by atoms with Crippen LogP contribution >= 0.6 is 0 Å². The molecule has 3 nitrogen and oxygen atoms in total. The number of halogens is 4. The van der Waals surface area contributed by atoms with E-state index in [0.29, 0.717) is 42.9 Å². The molecule has 1 heterocycles. The van der Waals surface area contributed by atoms with Gasteiger partial charge in [0.2, 0.25) is 0 Å². The van der Waals surface area contributed by atoms with Crippen LogP contribution in [0.2, 0.25) is 0 Å². The van der Waals surface area contributed by atoms with Crippen LogP contribution in [0.15, 0.2) is 60.7 Å². The summed E-state index contributed by atoms with van der Waals surface area (Å²) in [5.41, 5.74) is 0.740. The predicted molar refractivity (Wildman–Crippen MR) is 116 cm³/mol. The van der Waals surface area contributed by atoms with Crippen LogP contribution < -0.4 is 0 Å². The number of carbonyl (C=O) groups excluding carboxylic acids is 1. The number of piperazine rings is 1. The molecule has 170 valence electrons. The van der Waals surface area contributed by atoms with Crippen molar-refractivity contribution in [1.82, 2.24) is 9.80 Å². The molecule has 0 spiro atoms. The number of nitrogens with zero attached hydrogens (tertiary/aromatic N) is 2. The number of Topliss-reactive ketones (excluding diaryl/α,β-unsaturated/α-hetero) is 1. The summed E-state index contributed by atoms with van der Waals surface area (Å²) in [4.78, 5) is 17.7. The van der Waals surface area contributed by atoms with Gasteiger partial charge in [-0.3, -0.25) is 14.6 Å². The van der Waals surface area contributed by atoms with Crippen LogP contribution in [-0.4, -0.2) is 41.8 Å². The van der Waals surface area contributed by atoms with Crippen LogP contribution in [0.3, 0.4) is 0 Å². The molecule has 3 aromatic carbocycles. The van der Waals surface area contributed by atoms with Gasteiger partial charge in [-0.15, -0.1) is 0 Å². The van der Waals surface area contributed by atoms with E-state index in [0.717, 1.165) is 12.1 Å². The maximum atomic E-state index is 14.2. The van der Waals surface area contributed by atoms with Crippen molar-refractivity contribution in [3.05, 3.63) is 106 Å². The maximum absolute atomic E-state index is 14.2. The van der Waals surface area contributed by atoms with Gasteiger partial charge in [0.25, 0.3) is 0 Å². The van der Waals surface area contributed by atoms with Crippen molar-refractivity contribution in [2.45, 2.75) is 18.5 Å². The average molecular weight is 454 g/mol. The van der Waals surface area contributed by atoms with Gasteiger partial charge in [0, 0.05) is 50.3 Å². The standard InChI is InChI=1S/C26H22F4N2O/c27-20-3-1-2-19(14-20)26(15-17-12-21(28)4-6-23(17)25(26)33)32-10-8-31(9-11-32)16-18-13-22(29)5-7-24(18)30/h1-7,12-14H,8-11,15-16H2. The topological polar surface area (TPSA) is 23.6 Å². The Morgan fingerprint density at radius 1 is 0.788 bits per heavy atom.